The average molecular weight is 298 g/mol. The number of hydrogen-bond donors (Lipinski definition) is 1. The van der Waals surface area contributed by atoms with Crippen LogP contribution in [0.25, 0.3) is 0 Å². The highest BCUT2D eigenvalue weighted by molar-refractivity contribution is 5.89. The lowest BCUT2D eigenvalue weighted by molar-refractivity contribution is -0.902. The third-order valence-corrected chi connectivity index (χ3v) is 4.73. The number of quaternary nitrogens is 1. The summed E-state index contributed by atoms with van der Waals surface area (Å²) in [5.74, 6) is 0.0707. The molecule has 1 N–H and O–H groups in total. The Morgan fingerprint density at radius 2 is 2.10 bits per heavy atom. The molecule has 0 unspecified atom stereocenters. The molecule has 2 rings (SSSR count). The van der Waals surface area contributed by atoms with Crippen molar-refractivity contribution < 1.29 is 19.2 Å². The molecular weight excluding hydrogens is 270 g/mol. The Morgan fingerprint density at radius 3 is 2.67 bits per heavy atom. The lowest BCUT2D eigenvalue weighted by Crippen LogP contribution is -3.14. The number of rotatable bonds is 5. The van der Waals surface area contributed by atoms with Crippen LogP contribution in [0.4, 0.5) is 0 Å². The first-order valence-electron chi connectivity index (χ1n) is 7.97. The molecule has 0 saturated carbocycles. The van der Waals surface area contributed by atoms with E-state index in [0.717, 1.165) is 32.7 Å². The molecule has 0 bridgehead atoms. The summed E-state index contributed by atoms with van der Waals surface area (Å²) >= 11 is 0. The minimum atomic E-state index is -0.167. The second-order valence-electron chi connectivity index (χ2n) is 6.18. The summed E-state index contributed by atoms with van der Waals surface area (Å²) in [4.78, 5) is 29.9. The third kappa shape index (κ3) is 3.74. The molecule has 2 amide bonds. The Kier molecular flexibility index (Phi) is 5.58. The topological polar surface area (TPSA) is 54.3 Å². The first-order chi connectivity index (χ1) is 10.1. The van der Waals surface area contributed by atoms with Gasteiger partial charge in [-0.2, -0.15) is 0 Å². The van der Waals surface area contributed by atoms with E-state index in [1.165, 1.54) is 0 Å². The van der Waals surface area contributed by atoms with Crippen molar-refractivity contribution in [3.05, 3.63) is 0 Å². The minimum Gasteiger partial charge on any atom is -0.383 e. The van der Waals surface area contributed by atoms with Crippen molar-refractivity contribution in [2.24, 2.45) is 5.92 Å². The Hall–Kier alpha value is -1.14. The molecular formula is C15H28N3O3+. The van der Waals surface area contributed by atoms with Crippen molar-refractivity contribution in [1.29, 1.82) is 0 Å². The molecule has 2 fully saturated rings. The van der Waals surface area contributed by atoms with Gasteiger partial charge in [-0.15, -0.1) is 0 Å². The molecule has 2 atom stereocenters. The van der Waals surface area contributed by atoms with E-state index in [9.17, 15) is 9.59 Å². The molecule has 0 aromatic carbocycles. The van der Waals surface area contributed by atoms with E-state index in [4.69, 9.17) is 4.74 Å². The van der Waals surface area contributed by atoms with Crippen LogP contribution in [0.1, 0.15) is 20.3 Å². The van der Waals surface area contributed by atoms with Crippen LogP contribution in [0, 0.1) is 5.92 Å². The number of carbonyl (C=O) groups excluding carboxylic acids is 2. The van der Waals surface area contributed by atoms with Gasteiger partial charge in [0.2, 0.25) is 11.8 Å². The Morgan fingerprint density at radius 1 is 1.43 bits per heavy atom. The van der Waals surface area contributed by atoms with Gasteiger partial charge in [0.25, 0.3) is 0 Å². The SMILES string of the molecule is CC[NH+]1CCN(C(=O)[C@H]2CC(=O)N([C@@H](C)COC)C2)CC1. The van der Waals surface area contributed by atoms with Crippen LogP contribution in [0.3, 0.4) is 0 Å². The number of methoxy groups -OCH3 is 1. The maximum Gasteiger partial charge on any atom is 0.228 e. The maximum absolute atomic E-state index is 12.6. The maximum atomic E-state index is 12.6. The fraction of sp³-hybridized carbons (Fsp3) is 0.867. The summed E-state index contributed by atoms with van der Waals surface area (Å²) in [6.45, 7) is 10.0. The summed E-state index contributed by atoms with van der Waals surface area (Å²) in [6.07, 6.45) is 0.355. The molecule has 2 heterocycles. The van der Waals surface area contributed by atoms with Gasteiger partial charge < -0.3 is 19.4 Å². The van der Waals surface area contributed by atoms with Crippen LogP contribution in [0.5, 0.6) is 0 Å². The number of likely N-dealkylation sites (N-methyl/N-ethyl adjacent to an activating group) is 1. The van der Waals surface area contributed by atoms with Crippen molar-refractivity contribution >= 4 is 11.8 Å². The van der Waals surface area contributed by atoms with Gasteiger partial charge in [-0.1, -0.05) is 0 Å². The van der Waals surface area contributed by atoms with E-state index < -0.39 is 0 Å². The molecule has 0 spiro atoms. The summed E-state index contributed by atoms with van der Waals surface area (Å²) < 4.78 is 5.11. The lowest BCUT2D eigenvalue weighted by Gasteiger charge is -2.33. The van der Waals surface area contributed by atoms with Gasteiger partial charge in [0.05, 0.1) is 51.3 Å². The molecule has 0 aromatic heterocycles. The molecule has 6 heteroatoms. The summed E-state index contributed by atoms with van der Waals surface area (Å²) in [5.41, 5.74) is 0. The predicted molar refractivity (Wildman–Crippen MR) is 79.0 cm³/mol. The van der Waals surface area contributed by atoms with Crippen molar-refractivity contribution in [2.45, 2.75) is 26.3 Å². The van der Waals surface area contributed by atoms with Gasteiger partial charge >= 0.3 is 0 Å². The second kappa shape index (κ2) is 7.22. The van der Waals surface area contributed by atoms with Gasteiger partial charge in [-0.05, 0) is 13.8 Å². The summed E-state index contributed by atoms with van der Waals surface area (Å²) in [5, 5.41) is 0. The van der Waals surface area contributed by atoms with Crippen LogP contribution in [-0.4, -0.2) is 80.6 Å². The zero-order valence-corrected chi connectivity index (χ0v) is 13.4. The molecule has 2 aliphatic rings. The van der Waals surface area contributed by atoms with Gasteiger partial charge in [0.15, 0.2) is 0 Å². The average Bonchev–Trinajstić information content (AvgIpc) is 2.89. The monoisotopic (exact) mass is 298 g/mol. The number of amides is 2. The quantitative estimate of drug-likeness (QED) is 0.680. The van der Waals surface area contributed by atoms with Crippen LogP contribution >= 0.6 is 0 Å². The summed E-state index contributed by atoms with van der Waals surface area (Å²) in [7, 11) is 1.63. The number of nitrogens with zero attached hydrogens (tertiary/aromatic N) is 2. The fourth-order valence-corrected chi connectivity index (χ4v) is 3.31. The standard InChI is InChI=1S/C15H27N3O3/c1-4-16-5-7-17(8-6-16)15(20)13-9-14(19)18(10-13)12(2)11-21-3/h12-13H,4-11H2,1-3H3/p+1/t12-,13-/m0/s1. The molecule has 120 valence electrons. The number of likely N-dealkylation sites (tertiary alicyclic amines) is 1. The van der Waals surface area contributed by atoms with Crippen molar-refractivity contribution in [3.8, 4) is 0 Å². The molecule has 0 aliphatic carbocycles. The second-order valence-corrected chi connectivity index (χ2v) is 6.18. The van der Waals surface area contributed by atoms with Crippen LogP contribution < -0.4 is 4.90 Å². The Balaban J connectivity index is 1.88. The Labute approximate surface area is 127 Å². The molecule has 2 saturated heterocycles. The number of ether oxygens (including phenoxy) is 1. The van der Waals surface area contributed by atoms with Crippen molar-refractivity contribution in [2.75, 3.05) is 53.0 Å². The first kappa shape index (κ1) is 16.2. The molecule has 2 aliphatic heterocycles. The van der Waals surface area contributed by atoms with Gasteiger partial charge in [0.1, 0.15) is 0 Å². The largest absolute Gasteiger partial charge is 0.383 e. The number of carbonyl (C=O) groups is 2. The summed E-state index contributed by atoms with van der Waals surface area (Å²) in [6, 6.07) is 0.0432. The molecule has 21 heavy (non-hydrogen) atoms. The number of piperazine rings is 1. The highest BCUT2D eigenvalue weighted by atomic mass is 16.5. The highest BCUT2D eigenvalue weighted by Crippen LogP contribution is 2.22. The van der Waals surface area contributed by atoms with E-state index in [0.29, 0.717) is 19.6 Å². The smallest absolute Gasteiger partial charge is 0.228 e. The van der Waals surface area contributed by atoms with Crippen LogP contribution in [0.15, 0.2) is 0 Å². The van der Waals surface area contributed by atoms with Crippen molar-refractivity contribution in [1.82, 2.24) is 9.80 Å². The van der Waals surface area contributed by atoms with E-state index in [2.05, 4.69) is 6.92 Å². The minimum absolute atomic E-state index is 0.0432. The van der Waals surface area contributed by atoms with Crippen LogP contribution in [0.2, 0.25) is 0 Å². The van der Waals surface area contributed by atoms with Crippen molar-refractivity contribution in [3.63, 3.8) is 0 Å². The van der Waals surface area contributed by atoms with Gasteiger partial charge in [-0.25, -0.2) is 0 Å². The van der Waals surface area contributed by atoms with E-state index in [1.807, 2.05) is 11.8 Å². The van der Waals surface area contributed by atoms with Crippen LogP contribution in [-0.2, 0) is 14.3 Å². The number of nitrogens with one attached hydrogen (secondary N) is 1. The number of hydrogen-bond acceptors (Lipinski definition) is 3. The molecule has 6 nitrogen and oxygen atoms in total. The fourth-order valence-electron chi connectivity index (χ4n) is 3.31. The molecule has 0 aromatic rings. The predicted octanol–water partition coefficient (Wildman–Crippen LogP) is -1.38. The van der Waals surface area contributed by atoms with E-state index in [-0.39, 0.29) is 23.8 Å². The lowest BCUT2D eigenvalue weighted by atomic mass is 10.1. The van der Waals surface area contributed by atoms with Gasteiger partial charge in [-0.3, -0.25) is 9.59 Å². The normalized spacial score (nSPS) is 25.5. The third-order valence-electron chi connectivity index (χ3n) is 4.73. The first-order valence-corrected chi connectivity index (χ1v) is 7.97. The van der Waals surface area contributed by atoms with E-state index >= 15 is 0 Å². The zero-order chi connectivity index (χ0) is 15.4. The van der Waals surface area contributed by atoms with E-state index in [1.54, 1.807) is 16.9 Å². The Bertz CT molecular complexity index is 380. The zero-order valence-electron chi connectivity index (χ0n) is 13.4. The highest BCUT2D eigenvalue weighted by Gasteiger charge is 2.39. The molecule has 0 radical (unpaired) electrons. The van der Waals surface area contributed by atoms with Gasteiger partial charge in [0, 0.05) is 20.1 Å².